The molecule has 0 radical (unpaired) electrons. The van der Waals surface area contributed by atoms with E-state index in [1.807, 2.05) is 6.92 Å². The van der Waals surface area contributed by atoms with Crippen molar-refractivity contribution < 1.29 is 14.6 Å². The number of esters is 1. The molecule has 1 aliphatic rings. The van der Waals surface area contributed by atoms with Gasteiger partial charge in [0.25, 0.3) is 0 Å². The molecule has 0 amide bonds. The van der Waals surface area contributed by atoms with Crippen LogP contribution in [0.15, 0.2) is 11.1 Å². The highest BCUT2D eigenvalue weighted by Crippen LogP contribution is 2.12. The molecule has 1 N–H and O–H groups in total. The predicted octanol–water partition coefficient (Wildman–Crippen LogP) is 0.488. The van der Waals surface area contributed by atoms with E-state index in [1.165, 1.54) is 0 Å². The molecule has 0 aromatic heterocycles. The maximum Gasteiger partial charge on any atom is 0.334 e. The van der Waals surface area contributed by atoms with Gasteiger partial charge in [-0.15, -0.1) is 0 Å². The summed E-state index contributed by atoms with van der Waals surface area (Å²) in [7, 11) is 1.00. The van der Waals surface area contributed by atoms with Crippen LogP contribution in [-0.2, 0) is 9.53 Å². The first-order chi connectivity index (χ1) is 4.72. The van der Waals surface area contributed by atoms with Crippen molar-refractivity contribution in [2.75, 3.05) is 13.7 Å². The fourth-order valence-electron chi connectivity index (χ4n) is 0.565. The lowest BCUT2D eigenvalue weighted by Crippen LogP contribution is -1.94. The first kappa shape index (κ1) is 9.17. The number of hydrogen-bond acceptors (Lipinski definition) is 3. The second-order valence-corrected chi connectivity index (χ2v) is 1.98. The van der Waals surface area contributed by atoms with Gasteiger partial charge >= 0.3 is 5.97 Å². The molecule has 3 heteroatoms. The average molecular weight is 144 g/mol. The van der Waals surface area contributed by atoms with Gasteiger partial charge in [-0.05, 0) is 19.4 Å². The van der Waals surface area contributed by atoms with Crippen LogP contribution in [0.4, 0.5) is 0 Å². The summed E-state index contributed by atoms with van der Waals surface area (Å²) in [5, 5.41) is 7.00. The maximum absolute atomic E-state index is 10.5. The monoisotopic (exact) mass is 144 g/mol. The van der Waals surface area contributed by atoms with Gasteiger partial charge in [0, 0.05) is 12.7 Å². The zero-order valence-corrected chi connectivity index (χ0v) is 6.47. The lowest BCUT2D eigenvalue weighted by atomic mass is 10.2. The quantitative estimate of drug-likeness (QED) is 0.503. The number of rotatable bonds is 0. The highest BCUT2D eigenvalue weighted by Gasteiger charge is 2.15. The minimum Gasteiger partial charge on any atom is -0.458 e. The lowest BCUT2D eigenvalue weighted by molar-refractivity contribution is -0.135. The molecule has 0 spiro atoms. The summed E-state index contributed by atoms with van der Waals surface area (Å²) in [5.74, 6) is -0.164. The van der Waals surface area contributed by atoms with E-state index in [0.29, 0.717) is 6.61 Å². The van der Waals surface area contributed by atoms with E-state index in [-0.39, 0.29) is 5.97 Å². The number of ether oxygens (including phenoxy) is 1. The number of aliphatic hydroxyl groups excluding tert-OH is 1. The van der Waals surface area contributed by atoms with Gasteiger partial charge in [-0.3, -0.25) is 0 Å². The number of hydrogen-bond donors (Lipinski definition) is 1. The summed E-state index contributed by atoms with van der Waals surface area (Å²) in [6.07, 6.45) is 0. The Morgan fingerprint density at radius 1 is 1.40 bits per heavy atom. The van der Waals surface area contributed by atoms with Crippen molar-refractivity contribution in [3.05, 3.63) is 11.1 Å². The molecule has 58 valence electrons. The average Bonchev–Trinajstić information content (AvgIpc) is 2.25. The summed E-state index contributed by atoms with van der Waals surface area (Å²) in [6, 6.07) is 0. The van der Waals surface area contributed by atoms with E-state index in [0.717, 1.165) is 18.3 Å². The van der Waals surface area contributed by atoms with E-state index >= 15 is 0 Å². The van der Waals surface area contributed by atoms with Crippen LogP contribution in [0.5, 0.6) is 0 Å². The first-order valence-corrected chi connectivity index (χ1v) is 3.00. The summed E-state index contributed by atoms with van der Waals surface area (Å²) in [4.78, 5) is 10.5. The second kappa shape index (κ2) is 4.06. The van der Waals surface area contributed by atoms with Gasteiger partial charge in [0.1, 0.15) is 6.61 Å². The number of aliphatic hydroxyl groups is 1. The molecule has 1 heterocycles. The van der Waals surface area contributed by atoms with Crippen LogP contribution in [0.2, 0.25) is 0 Å². The Labute approximate surface area is 60.3 Å². The molecule has 0 saturated heterocycles. The molecule has 3 nitrogen and oxygen atoms in total. The van der Waals surface area contributed by atoms with Gasteiger partial charge in [0.2, 0.25) is 0 Å². The molecule has 0 aromatic carbocycles. The van der Waals surface area contributed by atoms with Crippen LogP contribution in [0, 0.1) is 0 Å². The van der Waals surface area contributed by atoms with Gasteiger partial charge in [0.05, 0.1) is 0 Å². The molecule has 0 fully saturated rings. The summed E-state index contributed by atoms with van der Waals surface area (Å²) in [6.45, 7) is 4.18. The highest BCUT2D eigenvalue weighted by atomic mass is 16.5. The van der Waals surface area contributed by atoms with Gasteiger partial charge in [-0.1, -0.05) is 0 Å². The van der Waals surface area contributed by atoms with Gasteiger partial charge in [-0.25, -0.2) is 4.79 Å². The smallest absolute Gasteiger partial charge is 0.334 e. The topological polar surface area (TPSA) is 46.5 Å². The molecule has 0 aromatic rings. The Hall–Kier alpha value is -0.830. The number of carbonyl (C=O) groups excluding carboxylic acids is 1. The van der Waals surface area contributed by atoms with Crippen molar-refractivity contribution >= 4 is 5.97 Å². The number of carbonyl (C=O) groups is 1. The summed E-state index contributed by atoms with van der Waals surface area (Å²) in [5.41, 5.74) is 1.82. The SMILES string of the molecule is CC1=C(C)C(=O)OC1.CO. The van der Waals surface area contributed by atoms with E-state index in [2.05, 4.69) is 4.74 Å². The van der Waals surface area contributed by atoms with E-state index in [4.69, 9.17) is 5.11 Å². The second-order valence-electron chi connectivity index (χ2n) is 1.98. The van der Waals surface area contributed by atoms with Crippen molar-refractivity contribution in [2.45, 2.75) is 13.8 Å². The van der Waals surface area contributed by atoms with Crippen LogP contribution in [0.3, 0.4) is 0 Å². The van der Waals surface area contributed by atoms with Crippen LogP contribution in [-0.4, -0.2) is 24.8 Å². The fraction of sp³-hybridized carbons (Fsp3) is 0.571. The standard InChI is InChI=1S/C6H8O2.CH4O/c1-4-3-8-6(7)5(4)2;1-2/h3H2,1-2H3;2H,1H3. The van der Waals surface area contributed by atoms with Crippen LogP contribution >= 0.6 is 0 Å². The van der Waals surface area contributed by atoms with Gasteiger partial charge < -0.3 is 9.84 Å². The van der Waals surface area contributed by atoms with E-state index < -0.39 is 0 Å². The van der Waals surface area contributed by atoms with Crippen LogP contribution in [0.25, 0.3) is 0 Å². The normalized spacial score (nSPS) is 16.2. The molecule has 10 heavy (non-hydrogen) atoms. The number of cyclic esters (lactones) is 1. The van der Waals surface area contributed by atoms with Gasteiger partial charge in [0.15, 0.2) is 0 Å². The Morgan fingerprint density at radius 3 is 2.00 bits per heavy atom. The third-order valence-electron chi connectivity index (χ3n) is 1.37. The largest absolute Gasteiger partial charge is 0.458 e. The molecule has 0 atom stereocenters. The summed E-state index contributed by atoms with van der Waals surface area (Å²) < 4.78 is 4.66. The molecule has 0 aliphatic carbocycles. The molecule has 1 aliphatic heterocycles. The minimum atomic E-state index is -0.164. The van der Waals surface area contributed by atoms with Gasteiger partial charge in [-0.2, -0.15) is 0 Å². The Balaban J connectivity index is 0.000000371. The Morgan fingerprint density at radius 2 is 1.90 bits per heavy atom. The van der Waals surface area contributed by atoms with Crippen LogP contribution < -0.4 is 0 Å². The van der Waals surface area contributed by atoms with Crippen LogP contribution in [0.1, 0.15) is 13.8 Å². The molecule has 1 rings (SSSR count). The molecule has 0 saturated carbocycles. The van der Waals surface area contributed by atoms with Crippen molar-refractivity contribution in [3.63, 3.8) is 0 Å². The molecular formula is C7H12O3. The lowest BCUT2D eigenvalue weighted by Gasteiger charge is -1.86. The third-order valence-corrected chi connectivity index (χ3v) is 1.37. The zero-order chi connectivity index (χ0) is 8.15. The third kappa shape index (κ3) is 1.84. The van der Waals surface area contributed by atoms with Crippen molar-refractivity contribution in [1.29, 1.82) is 0 Å². The Bertz CT molecular complexity index is 158. The first-order valence-electron chi connectivity index (χ1n) is 3.00. The minimum absolute atomic E-state index is 0.164. The van der Waals surface area contributed by atoms with E-state index in [9.17, 15) is 4.79 Å². The molecular weight excluding hydrogens is 132 g/mol. The van der Waals surface area contributed by atoms with E-state index in [1.54, 1.807) is 6.92 Å². The predicted molar refractivity (Wildman–Crippen MR) is 37.5 cm³/mol. The van der Waals surface area contributed by atoms with Crippen molar-refractivity contribution in [3.8, 4) is 0 Å². The van der Waals surface area contributed by atoms with Crippen molar-refractivity contribution in [1.82, 2.24) is 0 Å². The Kier molecular flexibility index (Phi) is 3.72. The maximum atomic E-state index is 10.5. The zero-order valence-electron chi connectivity index (χ0n) is 6.47. The highest BCUT2D eigenvalue weighted by molar-refractivity contribution is 5.90. The van der Waals surface area contributed by atoms with Crippen molar-refractivity contribution in [2.24, 2.45) is 0 Å². The molecule has 0 bridgehead atoms. The molecule has 0 unspecified atom stereocenters. The fourth-order valence-corrected chi connectivity index (χ4v) is 0.565. The summed E-state index contributed by atoms with van der Waals surface area (Å²) >= 11 is 0.